The second kappa shape index (κ2) is 7.84. The van der Waals surface area contributed by atoms with Crippen molar-refractivity contribution >= 4 is 28.0 Å². The molecule has 1 aliphatic carbocycles. The van der Waals surface area contributed by atoms with Crippen LogP contribution in [0.15, 0.2) is 42.9 Å². The van der Waals surface area contributed by atoms with Gasteiger partial charge in [0.15, 0.2) is 0 Å². The molecule has 1 saturated carbocycles. The molecule has 0 bridgehead atoms. The number of hydrogen-bond donors (Lipinski definition) is 2. The van der Waals surface area contributed by atoms with E-state index in [1.54, 1.807) is 0 Å². The fourth-order valence-corrected chi connectivity index (χ4v) is 4.64. The summed E-state index contributed by atoms with van der Waals surface area (Å²) in [4.78, 5) is 10.3. The third-order valence-corrected chi connectivity index (χ3v) is 6.15. The summed E-state index contributed by atoms with van der Waals surface area (Å²) in [5.74, 6) is 0.718. The van der Waals surface area contributed by atoms with Crippen LogP contribution in [0.4, 0.5) is 17.1 Å². The van der Waals surface area contributed by atoms with Crippen LogP contribution in [-0.4, -0.2) is 36.3 Å². The molecule has 28 heavy (non-hydrogen) atoms. The molecule has 5 rings (SSSR count). The molecule has 0 unspecified atom stereocenters. The summed E-state index contributed by atoms with van der Waals surface area (Å²) in [6, 6.07) is 8.83. The summed E-state index contributed by atoms with van der Waals surface area (Å²) < 4.78 is 5.45. The number of nitrogens with one attached hydrogen (secondary N) is 2. The molecule has 2 fully saturated rings. The van der Waals surface area contributed by atoms with E-state index in [1.807, 2.05) is 12.4 Å². The number of anilines is 3. The Bertz CT molecular complexity index is 939. The smallest absolute Gasteiger partial charge is 0.0642 e. The van der Waals surface area contributed by atoms with Crippen molar-refractivity contribution in [3.05, 3.63) is 48.4 Å². The zero-order chi connectivity index (χ0) is 18.8. The molecular formula is C23H28N4O. The fraction of sp³-hybridized carbons (Fsp3) is 0.435. The van der Waals surface area contributed by atoms with Crippen LogP contribution in [0.2, 0.25) is 0 Å². The standard InChI is InChI=1S/C23H28N4O/c1-2-4-17(5-3-1)22-16-25-23-13-18(6-7-21(22)23)26-19-12-20(15-24-14-19)27-8-10-28-11-9-27/h6-7,12-17,25-26H,1-5,8-11H2. The van der Waals surface area contributed by atoms with Gasteiger partial charge in [0.05, 0.1) is 37.0 Å². The lowest BCUT2D eigenvalue weighted by molar-refractivity contribution is 0.122. The third-order valence-electron chi connectivity index (χ3n) is 6.15. The second-order valence-electron chi connectivity index (χ2n) is 8.00. The van der Waals surface area contributed by atoms with Crippen molar-refractivity contribution in [1.29, 1.82) is 0 Å². The monoisotopic (exact) mass is 376 g/mol. The number of nitrogens with zero attached hydrogens (tertiary/aromatic N) is 2. The van der Waals surface area contributed by atoms with Crippen molar-refractivity contribution < 1.29 is 4.74 Å². The molecule has 0 spiro atoms. The van der Waals surface area contributed by atoms with E-state index in [9.17, 15) is 0 Å². The highest BCUT2D eigenvalue weighted by Crippen LogP contribution is 2.37. The molecule has 5 heteroatoms. The minimum atomic E-state index is 0.718. The number of aromatic nitrogens is 2. The highest BCUT2D eigenvalue weighted by Gasteiger charge is 2.19. The van der Waals surface area contributed by atoms with Gasteiger partial charge in [-0.25, -0.2) is 0 Å². The molecular weight excluding hydrogens is 348 g/mol. The maximum Gasteiger partial charge on any atom is 0.0642 e. The first-order valence-electron chi connectivity index (χ1n) is 10.5. The first kappa shape index (κ1) is 17.6. The fourth-order valence-electron chi connectivity index (χ4n) is 4.64. The van der Waals surface area contributed by atoms with Crippen molar-refractivity contribution in [3.8, 4) is 0 Å². The lowest BCUT2D eigenvalue weighted by Gasteiger charge is -2.28. The number of fused-ring (bicyclic) bond motifs is 1. The zero-order valence-electron chi connectivity index (χ0n) is 16.3. The average molecular weight is 377 g/mol. The lowest BCUT2D eigenvalue weighted by atomic mass is 9.84. The predicted molar refractivity (Wildman–Crippen MR) is 115 cm³/mol. The van der Waals surface area contributed by atoms with Crippen LogP contribution in [-0.2, 0) is 4.74 Å². The Kier molecular flexibility index (Phi) is 4.92. The van der Waals surface area contributed by atoms with Crippen molar-refractivity contribution in [2.24, 2.45) is 0 Å². The number of morpholine rings is 1. The predicted octanol–water partition coefficient (Wildman–Crippen LogP) is 5.19. The largest absolute Gasteiger partial charge is 0.378 e. The van der Waals surface area contributed by atoms with Crippen molar-refractivity contribution in [2.45, 2.75) is 38.0 Å². The maximum atomic E-state index is 5.45. The van der Waals surface area contributed by atoms with Crippen LogP contribution in [0.5, 0.6) is 0 Å². The minimum absolute atomic E-state index is 0.718. The summed E-state index contributed by atoms with van der Waals surface area (Å²) in [5.41, 5.74) is 5.96. The third kappa shape index (κ3) is 3.59. The molecule has 2 aliphatic rings. The summed E-state index contributed by atoms with van der Waals surface area (Å²) in [6.45, 7) is 3.40. The van der Waals surface area contributed by atoms with Gasteiger partial charge in [-0.15, -0.1) is 0 Å². The molecule has 0 atom stereocenters. The van der Waals surface area contributed by atoms with Gasteiger partial charge in [-0.3, -0.25) is 4.98 Å². The number of H-pyrrole nitrogens is 1. The molecule has 1 aliphatic heterocycles. The van der Waals surface area contributed by atoms with Crippen LogP contribution in [0.25, 0.3) is 10.9 Å². The molecule has 146 valence electrons. The van der Waals surface area contributed by atoms with Crippen molar-refractivity contribution in [3.63, 3.8) is 0 Å². The van der Waals surface area contributed by atoms with Crippen LogP contribution in [0.1, 0.15) is 43.6 Å². The number of rotatable bonds is 4. The molecule has 1 aromatic carbocycles. The Hall–Kier alpha value is -2.53. The molecule has 3 heterocycles. The van der Waals surface area contributed by atoms with Crippen molar-refractivity contribution in [2.75, 3.05) is 36.5 Å². The van der Waals surface area contributed by atoms with Gasteiger partial charge < -0.3 is 19.9 Å². The molecule has 2 aromatic heterocycles. The first-order chi connectivity index (χ1) is 13.9. The number of ether oxygens (including phenoxy) is 1. The Morgan fingerprint density at radius 3 is 2.71 bits per heavy atom. The Morgan fingerprint density at radius 2 is 1.86 bits per heavy atom. The number of pyridine rings is 1. The molecule has 3 aromatic rings. The van der Waals surface area contributed by atoms with Crippen LogP contribution < -0.4 is 10.2 Å². The minimum Gasteiger partial charge on any atom is -0.378 e. The van der Waals surface area contributed by atoms with Crippen LogP contribution >= 0.6 is 0 Å². The average Bonchev–Trinajstić information content (AvgIpc) is 3.18. The maximum absolute atomic E-state index is 5.45. The van der Waals surface area contributed by atoms with E-state index in [2.05, 4.69) is 50.6 Å². The molecule has 0 radical (unpaired) electrons. The summed E-state index contributed by atoms with van der Waals surface area (Å²) in [6.07, 6.45) is 12.8. The first-order valence-corrected chi connectivity index (χ1v) is 10.5. The van der Waals surface area contributed by atoms with Gasteiger partial charge >= 0.3 is 0 Å². The zero-order valence-corrected chi connectivity index (χ0v) is 16.3. The quantitative estimate of drug-likeness (QED) is 0.658. The Balaban J connectivity index is 1.35. The Labute approximate surface area is 166 Å². The van der Waals surface area contributed by atoms with E-state index < -0.39 is 0 Å². The van der Waals surface area contributed by atoms with Crippen molar-refractivity contribution in [1.82, 2.24) is 9.97 Å². The van der Waals surface area contributed by atoms with Crippen LogP contribution in [0, 0.1) is 0 Å². The molecule has 0 amide bonds. The lowest BCUT2D eigenvalue weighted by Crippen LogP contribution is -2.36. The van der Waals surface area contributed by atoms with Gasteiger partial charge in [0.25, 0.3) is 0 Å². The number of hydrogen-bond acceptors (Lipinski definition) is 4. The van der Waals surface area contributed by atoms with Gasteiger partial charge in [-0.1, -0.05) is 25.3 Å². The molecule has 5 nitrogen and oxygen atoms in total. The second-order valence-corrected chi connectivity index (χ2v) is 8.00. The highest BCUT2D eigenvalue weighted by molar-refractivity contribution is 5.87. The summed E-state index contributed by atoms with van der Waals surface area (Å²) in [7, 11) is 0. The van der Waals surface area contributed by atoms with Gasteiger partial charge in [0.2, 0.25) is 0 Å². The number of aromatic amines is 1. The summed E-state index contributed by atoms with van der Waals surface area (Å²) in [5, 5.41) is 4.90. The topological polar surface area (TPSA) is 53.2 Å². The van der Waals surface area contributed by atoms with Gasteiger partial charge in [-0.05, 0) is 42.5 Å². The van der Waals surface area contributed by atoms with E-state index >= 15 is 0 Å². The summed E-state index contributed by atoms with van der Waals surface area (Å²) >= 11 is 0. The van der Waals surface area contributed by atoms with E-state index in [-0.39, 0.29) is 0 Å². The van der Waals surface area contributed by atoms with E-state index in [0.29, 0.717) is 0 Å². The molecule has 1 saturated heterocycles. The van der Waals surface area contributed by atoms with Gasteiger partial charge in [0.1, 0.15) is 0 Å². The van der Waals surface area contributed by atoms with Crippen LogP contribution in [0.3, 0.4) is 0 Å². The van der Waals surface area contributed by atoms with Gasteiger partial charge in [0, 0.05) is 35.9 Å². The van der Waals surface area contributed by atoms with E-state index in [4.69, 9.17) is 4.74 Å². The highest BCUT2D eigenvalue weighted by atomic mass is 16.5. The van der Waals surface area contributed by atoms with E-state index in [0.717, 1.165) is 49.3 Å². The van der Waals surface area contributed by atoms with E-state index in [1.165, 1.54) is 48.6 Å². The SMILES string of the molecule is c1cc2c(C3CCCCC3)c[nH]c2cc1Nc1cncc(N2CCOCC2)c1. The van der Waals surface area contributed by atoms with Gasteiger partial charge in [-0.2, -0.15) is 0 Å². The normalized spacial score (nSPS) is 18.5. The Morgan fingerprint density at radius 1 is 1.00 bits per heavy atom. The molecule has 2 N–H and O–H groups in total. The number of benzene rings is 1.